The zero-order valence-electron chi connectivity index (χ0n) is 17.0. The molecular formula is C22H25N3O4S. The van der Waals surface area contributed by atoms with Gasteiger partial charge in [-0.1, -0.05) is 6.07 Å². The van der Waals surface area contributed by atoms with Crippen LogP contribution in [0.5, 0.6) is 0 Å². The molecule has 2 aliphatic rings. The molecule has 158 valence electrons. The molecule has 0 radical (unpaired) electrons. The number of carbonyl (C=O) groups excluding carboxylic acids is 3. The van der Waals surface area contributed by atoms with Crippen molar-refractivity contribution in [2.75, 3.05) is 44.3 Å². The molecule has 0 spiro atoms. The summed E-state index contributed by atoms with van der Waals surface area (Å²) in [6.07, 6.45) is 0. The molecule has 1 atom stereocenters. The molecular weight excluding hydrogens is 402 g/mol. The van der Waals surface area contributed by atoms with Crippen LogP contribution in [0.15, 0.2) is 41.8 Å². The smallest absolute Gasteiger partial charge is 0.249 e. The number of rotatable bonds is 5. The first kappa shape index (κ1) is 20.6. The van der Waals surface area contributed by atoms with Crippen LogP contribution in [-0.2, 0) is 20.9 Å². The molecule has 2 aromatic rings. The fourth-order valence-electron chi connectivity index (χ4n) is 3.88. The number of amides is 2. The molecule has 0 N–H and O–H groups in total. The van der Waals surface area contributed by atoms with Gasteiger partial charge in [0, 0.05) is 42.3 Å². The first-order valence-corrected chi connectivity index (χ1v) is 11.0. The minimum absolute atomic E-state index is 0.0270. The second-order valence-corrected chi connectivity index (χ2v) is 8.58. The summed E-state index contributed by atoms with van der Waals surface area (Å²) in [5, 5.41) is 1.97. The van der Waals surface area contributed by atoms with Crippen LogP contribution in [0.3, 0.4) is 0 Å². The summed E-state index contributed by atoms with van der Waals surface area (Å²) < 4.78 is 5.40. The van der Waals surface area contributed by atoms with Crippen LogP contribution < -0.4 is 4.90 Å². The Morgan fingerprint density at radius 3 is 2.47 bits per heavy atom. The Bertz CT molecular complexity index is 905. The molecule has 0 unspecified atom stereocenters. The predicted molar refractivity (Wildman–Crippen MR) is 115 cm³/mol. The summed E-state index contributed by atoms with van der Waals surface area (Å²) in [7, 11) is 0. The Balaban J connectivity index is 1.39. The Morgan fingerprint density at radius 1 is 1.10 bits per heavy atom. The lowest BCUT2D eigenvalue weighted by Gasteiger charge is -2.41. The van der Waals surface area contributed by atoms with Crippen molar-refractivity contribution >= 4 is 34.6 Å². The number of ketones is 1. The van der Waals surface area contributed by atoms with Crippen LogP contribution in [-0.4, -0.2) is 72.8 Å². The van der Waals surface area contributed by atoms with Gasteiger partial charge in [0.2, 0.25) is 11.8 Å². The van der Waals surface area contributed by atoms with Gasteiger partial charge in [-0.2, -0.15) is 0 Å². The Morgan fingerprint density at radius 2 is 1.83 bits per heavy atom. The number of thiophene rings is 1. The molecule has 0 saturated carbocycles. The lowest BCUT2D eigenvalue weighted by Crippen LogP contribution is -2.59. The molecule has 8 heteroatoms. The molecule has 1 aromatic heterocycles. The average Bonchev–Trinajstić information content (AvgIpc) is 3.28. The first-order chi connectivity index (χ1) is 14.5. The van der Waals surface area contributed by atoms with E-state index in [1.54, 1.807) is 23.2 Å². The van der Waals surface area contributed by atoms with Crippen molar-refractivity contribution in [2.45, 2.75) is 19.5 Å². The normalized spacial score (nSPS) is 19.8. The van der Waals surface area contributed by atoms with Crippen molar-refractivity contribution in [3.05, 3.63) is 52.2 Å². The van der Waals surface area contributed by atoms with Gasteiger partial charge in [-0.15, -0.1) is 11.3 Å². The van der Waals surface area contributed by atoms with Crippen molar-refractivity contribution in [1.29, 1.82) is 0 Å². The fraction of sp³-hybridized carbons (Fsp3) is 0.409. The number of morpholine rings is 1. The maximum absolute atomic E-state index is 13.2. The Hall–Kier alpha value is -2.71. The van der Waals surface area contributed by atoms with E-state index in [-0.39, 0.29) is 30.8 Å². The molecule has 2 fully saturated rings. The van der Waals surface area contributed by atoms with E-state index in [9.17, 15) is 14.4 Å². The molecule has 30 heavy (non-hydrogen) atoms. The third-order valence-corrected chi connectivity index (χ3v) is 6.48. The largest absolute Gasteiger partial charge is 0.369 e. The van der Waals surface area contributed by atoms with Gasteiger partial charge in [0.25, 0.3) is 0 Å². The number of hydrogen-bond donors (Lipinski definition) is 0. The van der Waals surface area contributed by atoms with E-state index in [0.29, 0.717) is 38.3 Å². The minimum atomic E-state index is -0.574. The van der Waals surface area contributed by atoms with Gasteiger partial charge < -0.3 is 19.4 Å². The highest BCUT2D eigenvalue weighted by molar-refractivity contribution is 7.09. The Labute approximate surface area is 179 Å². The zero-order chi connectivity index (χ0) is 21.1. The average molecular weight is 428 g/mol. The van der Waals surface area contributed by atoms with Crippen LogP contribution in [0.4, 0.5) is 5.69 Å². The van der Waals surface area contributed by atoms with Gasteiger partial charge in [0.1, 0.15) is 12.6 Å². The van der Waals surface area contributed by atoms with Crippen molar-refractivity contribution in [3.63, 3.8) is 0 Å². The van der Waals surface area contributed by atoms with Crippen LogP contribution in [0, 0.1) is 0 Å². The first-order valence-electron chi connectivity index (χ1n) is 10.1. The lowest BCUT2D eigenvalue weighted by molar-refractivity contribution is -0.160. The maximum Gasteiger partial charge on any atom is 0.249 e. The maximum atomic E-state index is 13.2. The van der Waals surface area contributed by atoms with E-state index >= 15 is 0 Å². The molecule has 0 aliphatic carbocycles. The predicted octanol–water partition coefficient (Wildman–Crippen LogP) is 2.03. The molecule has 2 saturated heterocycles. The van der Waals surface area contributed by atoms with Gasteiger partial charge in [0.05, 0.1) is 13.2 Å². The quantitative estimate of drug-likeness (QED) is 0.683. The number of carbonyl (C=O) groups is 3. The van der Waals surface area contributed by atoms with E-state index < -0.39 is 6.04 Å². The van der Waals surface area contributed by atoms with E-state index in [1.165, 1.54) is 0 Å². The molecule has 2 aliphatic heterocycles. The number of hydrogen-bond acceptors (Lipinski definition) is 6. The number of nitrogens with zero attached hydrogens (tertiary/aromatic N) is 3. The molecule has 0 bridgehead atoms. The van der Waals surface area contributed by atoms with E-state index in [4.69, 9.17) is 4.74 Å². The van der Waals surface area contributed by atoms with Gasteiger partial charge >= 0.3 is 0 Å². The van der Waals surface area contributed by atoms with Gasteiger partial charge in [-0.05, 0) is 42.6 Å². The standard InChI is InChI=1S/C22H25N3O4S/c1-16(26)17-4-6-18(7-5-17)23-8-10-24(11-9-23)22(28)20-14-29-15-21(27)25(20)13-19-3-2-12-30-19/h2-7,12,20H,8-11,13-15H2,1H3/t20-/m1/s1. The molecule has 2 amide bonds. The van der Waals surface area contributed by atoms with Crippen molar-refractivity contribution in [2.24, 2.45) is 0 Å². The third kappa shape index (κ3) is 4.39. The van der Waals surface area contributed by atoms with Gasteiger partial charge in [-0.25, -0.2) is 0 Å². The summed E-state index contributed by atoms with van der Waals surface area (Å²) in [5.74, 6) is -0.142. The lowest BCUT2D eigenvalue weighted by atomic mass is 10.1. The third-order valence-electron chi connectivity index (χ3n) is 5.62. The minimum Gasteiger partial charge on any atom is -0.369 e. The van der Waals surface area contributed by atoms with Gasteiger partial charge in [-0.3, -0.25) is 14.4 Å². The monoisotopic (exact) mass is 427 g/mol. The van der Waals surface area contributed by atoms with Crippen LogP contribution >= 0.6 is 11.3 Å². The molecule has 7 nitrogen and oxygen atoms in total. The van der Waals surface area contributed by atoms with E-state index in [1.807, 2.05) is 46.7 Å². The SMILES string of the molecule is CC(=O)c1ccc(N2CCN(C(=O)[C@H]3COCC(=O)N3Cc3cccs3)CC2)cc1. The second-order valence-electron chi connectivity index (χ2n) is 7.55. The van der Waals surface area contributed by atoms with Crippen molar-refractivity contribution in [1.82, 2.24) is 9.80 Å². The highest BCUT2D eigenvalue weighted by Crippen LogP contribution is 2.21. The summed E-state index contributed by atoms with van der Waals surface area (Å²) in [6.45, 7) is 4.85. The molecule has 3 heterocycles. The van der Waals surface area contributed by atoms with Crippen molar-refractivity contribution in [3.8, 4) is 0 Å². The second kappa shape index (κ2) is 8.97. The summed E-state index contributed by atoms with van der Waals surface area (Å²) in [6, 6.07) is 10.9. The van der Waals surface area contributed by atoms with Crippen LogP contribution in [0.1, 0.15) is 22.2 Å². The van der Waals surface area contributed by atoms with Crippen LogP contribution in [0.25, 0.3) is 0 Å². The summed E-state index contributed by atoms with van der Waals surface area (Å²) in [5.41, 5.74) is 1.74. The van der Waals surface area contributed by atoms with Crippen molar-refractivity contribution < 1.29 is 19.1 Å². The number of Topliss-reactive ketones (excluding diaryl/α,β-unsaturated/α-hetero) is 1. The van der Waals surface area contributed by atoms with Crippen LogP contribution in [0.2, 0.25) is 0 Å². The number of ether oxygens (including phenoxy) is 1. The fourth-order valence-corrected chi connectivity index (χ4v) is 4.58. The van der Waals surface area contributed by atoms with E-state index in [0.717, 1.165) is 10.6 Å². The number of piperazine rings is 1. The molecule has 1 aromatic carbocycles. The summed E-state index contributed by atoms with van der Waals surface area (Å²) >= 11 is 1.58. The van der Waals surface area contributed by atoms with E-state index in [2.05, 4.69) is 4.90 Å². The number of anilines is 1. The highest BCUT2D eigenvalue weighted by Gasteiger charge is 2.37. The highest BCUT2D eigenvalue weighted by atomic mass is 32.1. The summed E-state index contributed by atoms with van der Waals surface area (Å²) in [4.78, 5) is 43.8. The topological polar surface area (TPSA) is 70.2 Å². The zero-order valence-corrected chi connectivity index (χ0v) is 17.8. The van der Waals surface area contributed by atoms with Gasteiger partial charge in [0.15, 0.2) is 5.78 Å². The Kier molecular flexibility index (Phi) is 6.15. The molecule has 4 rings (SSSR count). The number of benzene rings is 1.